The normalized spacial score (nSPS) is 22.9. The Morgan fingerprint density at radius 1 is 1.14 bits per heavy atom. The molecule has 5 heterocycles. The summed E-state index contributed by atoms with van der Waals surface area (Å²) in [6.07, 6.45) is 3.15. The number of Topliss-reactive ketones (excluding diaryl/α,β-unsaturated/α-hetero) is 1. The summed E-state index contributed by atoms with van der Waals surface area (Å²) < 4.78 is 29.6. The van der Waals surface area contributed by atoms with Gasteiger partial charge in [-0.15, -0.1) is 11.3 Å². The number of aryl methyl sites for hydroxylation is 2. The lowest BCUT2D eigenvalue weighted by atomic mass is 9.78. The van der Waals surface area contributed by atoms with Crippen LogP contribution in [0, 0.1) is 12.8 Å². The molecule has 12 heteroatoms. The maximum Gasteiger partial charge on any atom is 0.275 e. The van der Waals surface area contributed by atoms with Crippen molar-refractivity contribution in [2.45, 2.75) is 75.8 Å². The van der Waals surface area contributed by atoms with Gasteiger partial charge in [-0.25, -0.2) is 18.7 Å². The van der Waals surface area contributed by atoms with Crippen LogP contribution in [-0.4, -0.2) is 75.2 Å². The second-order valence-electron chi connectivity index (χ2n) is 12.7. The summed E-state index contributed by atoms with van der Waals surface area (Å²) in [6, 6.07) is 2.08. The summed E-state index contributed by atoms with van der Waals surface area (Å²) >= 11 is 1.56. The largest absolute Gasteiger partial charge is 0.339 e. The zero-order valence-electron chi connectivity index (χ0n) is 24.0. The quantitative estimate of drug-likeness (QED) is 0.480. The van der Waals surface area contributed by atoms with Gasteiger partial charge in [0.15, 0.2) is 5.78 Å². The number of halogens is 2. The summed E-state index contributed by atoms with van der Waals surface area (Å²) in [5.41, 5.74) is 1.03. The Morgan fingerprint density at radius 2 is 1.88 bits per heavy atom. The van der Waals surface area contributed by atoms with Crippen LogP contribution in [0.2, 0.25) is 0 Å². The Morgan fingerprint density at radius 3 is 2.60 bits per heavy atom. The van der Waals surface area contributed by atoms with E-state index in [-0.39, 0.29) is 55.4 Å². The van der Waals surface area contributed by atoms with Crippen molar-refractivity contribution in [1.82, 2.24) is 24.3 Å². The number of pyridine rings is 1. The highest BCUT2D eigenvalue weighted by atomic mass is 32.1. The minimum Gasteiger partial charge on any atom is -0.339 e. The molecule has 222 valence electrons. The summed E-state index contributed by atoms with van der Waals surface area (Å²) in [4.78, 5) is 55.2. The van der Waals surface area contributed by atoms with Gasteiger partial charge in [0.25, 0.3) is 5.56 Å². The molecule has 3 aromatic heterocycles. The van der Waals surface area contributed by atoms with Gasteiger partial charge in [-0.2, -0.15) is 0 Å². The van der Waals surface area contributed by atoms with E-state index in [1.54, 1.807) is 24.3 Å². The maximum atomic E-state index is 14.1. The van der Waals surface area contributed by atoms with Gasteiger partial charge in [0.1, 0.15) is 22.7 Å². The van der Waals surface area contributed by atoms with Gasteiger partial charge < -0.3 is 15.1 Å². The van der Waals surface area contributed by atoms with Crippen molar-refractivity contribution < 1.29 is 18.4 Å². The number of likely N-dealkylation sites (tertiary alicyclic amines) is 1. The van der Waals surface area contributed by atoms with E-state index in [9.17, 15) is 23.2 Å². The first-order chi connectivity index (χ1) is 20.0. The number of alkyl halides is 2. The maximum absolute atomic E-state index is 14.1. The fourth-order valence-corrected chi connectivity index (χ4v) is 8.61. The average Bonchev–Trinajstić information content (AvgIpc) is 3.43. The second-order valence-corrected chi connectivity index (χ2v) is 13.8. The smallest absolute Gasteiger partial charge is 0.275 e. The van der Waals surface area contributed by atoms with Crippen LogP contribution in [-0.2, 0) is 23.2 Å². The van der Waals surface area contributed by atoms with Crippen LogP contribution in [0.3, 0.4) is 0 Å². The fourth-order valence-electron chi connectivity index (χ4n) is 7.34. The van der Waals surface area contributed by atoms with Crippen LogP contribution in [0.1, 0.15) is 65.0 Å². The number of ketones is 1. The van der Waals surface area contributed by atoms with Crippen molar-refractivity contribution in [1.29, 1.82) is 0 Å². The predicted molar refractivity (Wildman–Crippen MR) is 156 cm³/mol. The van der Waals surface area contributed by atoms with Crippen LogP contribution in [0.15, 0.2) is 17.2 Å². The number of hydrogen-bond donors (Lipinski definition) is 1. The first-order valence-corrected chi connectivity index (χ1v) is 15.4. The summed E-state index contributed by atoms with van der Waals surface area (Å²) in [5.74, 6) is -2.28. The zero-order chi connectivity index (χ0) is 29.6. The van der Waals surface area contributed by atoms with E-state index >= 15 is 0 Å². The second kappa shape index (κ2) is 9.63. The number of amides is 1. The molecule has 2 aliphatic heterocycles. The lowest BCUT2D eigenvalue weighted by molar-refractivity contribution is -0.142. The molecule has 0 unspecified atom stereocenters. The molecular formula is C30H34F2N6O3S. The summed E-state index contributed by atoms with van der Waals surface area (Å²) in [7, 11) is 4.08. The molecule has 0 radical (unpaired) electrons. The van der Waals surface area contributed by atoms with Gasteiger partial charge >= 0.3 is 0 Å². The van der Waals surface area contributed by atoms with Gasteiger partial charge in [-0.05, 0) is 70.3 Å². The molecular weight excluding hydrogens is 562 g/mol. The number of rotatable bonds is 4. The number of carbonyl (C=O) groups is 2. The molecule has 3 aromatic rings. The Bertz CT molecular complexity index is 1680. The SMILES string of the molecule is Cc1cc(Nc2ncnc3sc4c(c23)CC[C@H](C(=O)N2CC(N(C)C)C2)C4)c(=O)n2c1C(=O)CC21CCC(F)(F)CC1. The number of aromatic nitrogens is 3. The minimum atomic E-state index is -2.77. The van der Waals surface area contributed by atoms with E-state index in [1.807, 2.05) is 19.0 Å². The molecule has 2 aliphatic carbocycles. The standard InChI is InChI=1S/C30H34F2N6O3S/c1-16-10-20(28(41)38-24(16)21(39)12-29(38)6-8-30(31,32)9-7-29)35-25-23-19-5-4-17(11-22(19)42-26(23)34-15-33-25)27(40)37-13-18(14-37)36(2)3/h10,15,17-18H,4-9,11-14H2,1-3H3,(H,33,34,35)/t17-/m0/s1. The molecule has 4 aliphatic rings. The fraction of sp³-hybridized carbons (Fsp3) is 0.567. The summed E-state index contributed by atoms with van der Waals surface area (Å²) in [6.45, 7) is 3.32. The minimum absolute atomic E-state index is 0.0568. The van der Waals surface area contributed by atoms with Gasteiger partial charge in [0, 0.05) is 49.2 Å². The topological polar surface area (TPSA) is 100 Å². The number of anilines is 2. The Labute approximate surface area is 245 Å². The molecule has 9 nitrogen and oxygen atoms in total. The Kier molecular flexibility index (Phi) is 6.32. The van der Waals surface area contributed by atoms with Crippen molar-refractivity contribution in [2.75, 3.05) is 32.5 Å². The van der Waals surface area contributed by atoms with E-state index in [4.69, 9.17) is 0 Å². The molecule has 1 saturated carbocycles. The molecule has 7 rings (SSSR count). The van der Waals surface area contributed by atoms with Gasteiger partial charge in [0.2, 0.25) is 11.8 Å². The van der Waals surface area contributed by atoms with Crippen molar-refractivity contribution in [3.05, 3.63) is 44.4 Å². The molecule has 2 fully saturated rings. The number of thiophene rings is 1. The number of carbonyl (C=O) groups excluding carboxylic acids is 2. The first-order valence-electron chi connectivity index (χ1n) is 14.6. The number of nitrogens with zero attached hydrogens (tertiary/aromatic N) is 5. The number of hydrogen-bond acceptors (Lipinski definition) is 8. The third-order valence-corrected chi connectivity index (χ3v) is 11.0. The number of likely N-dealkylation sites (N-methyl/N-ethyl adjacent to an activating group) is 1. The van der Waals surface area contributed by atoms with Crippen molar-refractivity contribution in [3.63, 3.8) is 0 Å². The van der Waals surface area contributed by atoms with Crippen molar-refractivity contribution in [2.24, 2.45) is 5.92 Å². The van der Waals surface area contributed by atoms with Crippen LogP contribution in [0.4, 0.5) is 20.3 Å². The first kappa shape index (κ1) is 27.6. The Balaban J connectivity index is 1.19. The van der Waals surface area contributed by atoms with E-state index in [0.29, 0.717) is 36.0 Å². The van der Waals surface area contributed by atoms with Gasteiger partial charge in [0.05, 0.1) is 16.6 Å². The molecule has 0 bridgehead atoms. The van der Waals surface area contributed by atoms with Crippen LogP contribution >= 0.6 is 11.3 Å². The predicted octanol–water partition coefficient (Wildman–Crippen LogP) is 4.27. The molecule has 1 atom stereocenters. The molecule has 1 spiro atoms. The molecule has 1 saturated heterocycles. The molecule has 0 aromatic carbocycles. The zero-order valence-corrected chi connectivity index (χ0v) is 24.8. The van der Waals surface area contributed by atoms with Crippen LogP contribution in [0.5, 0.6) is 0 Å². The van der Waals surface area contributed by atoms with Crippen LogP contribution in [0.25, 0.3) is 10.2 Å². The van der Waals surface area contributed by atoms with E-state index < -0.39 is 17.0 Å². The Hall–Kier alpha value is -3.25. The van der Waals surface area contributed by atoms with E-state index in [1.165, 1.54) is 10.9 Å². The van der Waals surface area contributed by atoms with Crippen molar-refractivity contribution >= 4 is 44.7 Å². The number of nitrogens with one attached hydrogen (secondary N) is 1. The average molecular weight is 597 g/mol. The van der Waals surface area contributed by atoms with Gasteiger partial charge in [-0.1, -0.05) is 0 Å². The van der Waals surface area contributed by atoms with E-state index in [2.05, 4.69) is 20.2 Å². The highest BCUT2D eigenvalue weighted by Gasteiger charge is 2.51. The monoisotopic (exact) mass is 596 g/mol. The molecule has 1 amide bonds. The third kappa shape index (κ3) is 4.28. The van der Waals surface area contributed by atoms with Gasteiger partial charge in [-0.3, -0.25) is 19.0 Å². The van der Waals surface area contributed by atoms with Crippen LogP contribution < -0.4 is 10.9 Å². The lowest BCUT2D eigenvalue weighted by Gasteiger charge is -2.44. The third-order valence-electron chi connectivity index (χ3n) is 9.88. The highest BCUT2D eigenvalue weighted by molar-refractivity contribution is 7.19. The number of fused-ring (bicyclic) bond motifs is 5. The highest BCUT2D eigenvalue weighted by Crippen LogP contribution is 2.48. The van der Waals surface area contributed by atoms with Crippen molar-refractivity contribution in [3.8, 4) is 0 Å². The lowest BCUT2D eigenvalue weighted by Crippen LogP contribution is -2.60. The van der Waals surface area contributed by atoms with E-state index in [0.717, 1.165) is 40.2 Å². The molecule has 42 heavy (non-hydrogen) atoms. The molecule has 1 N–H and O–H groups in total. The summed E-state index contributed by atoms with van der Waals surface area (Å²) in [5, 5.41) is 4.10.